The third kappa shape index (κ3) is 2.19. The summed E-state index contributed by atoms with van der Waals surface area (Å²) in [4.78, 5) is 11.6. The number of aromatic nitrogens is 2. The summed E-state index contributed by atoms with van der Waals surface area (Å²) in [6, 6.07) is 7.71. The molecule has 0 fully saturated rings. The molecule has 1 aromatic heterocycles. The molecule has 0 spiro atoms. The summed E-state index contributed by atoms with van der Waals surface area (Å²) < 4.78 is 1.78. The first kappa shape index (κ1) is 12.5. The zero-order valence-corrected chi connectivity index (χ0v) is 10.9. The van der Waals surface area contributed by atoms with Crippen LogP contribution in [0.1, 0.15) is 22.5 Å². The second kappa shape index (κ2) is 4.74. The van der Waals surface area contributed by atoms with Gasteiger partial charge in [0.15, 0.2) is 0 Å². The van der Waals surface area contributed by atoms with Crippen LogP contribution in [0.4, 0.5) is 0 Å². The summed E-state index contributed by atoms with van der Waals surface area (Å²) in [5.41, 5.74) is 9.94. The first-order valence-electron chi connectivity index (χ1n) is 5.90. The van der Waals surface area contributed by atoms with Gasteiger partial charge in [-0.25, -0.2) is 4.68 Å². The second-order valence-corrected chi connectivity index (χ2v) is 4.50. The van der Waals surface area contributed by atoms with E-state index in [0.717, 1.165) is 16.9 Å². The zero-order valence-electron chi connectivity index (χ0n) is 10.9. The Bertz CT molecular complexity index is 644. The molecule has 18 heavy (non-hydrogen) atoms. The van der Waals surface area contributed by atoms with Crippen LogP contribution >= 0.6 is 0 Å². The van der Waals surface area contributed by atoms with Gasteiger partial charge >= 0.3 is 0 Å². The molecule has 2 aromatic rings. The van der Waals surface area contributed by atoms with Gasteiger partial charge in [-0.2, -0.15) is 5.10 Å². The molecule has 0 aliphatic carbocycles. The minimum absolute atomic E-state index is 0.101. The highest BCUT2D eigenvalue weighted by atomic mass is 16.1. The van der Waals surface area contributed by atoms with Gasteiger partial charge in [-0.1, -0.05) is 17.7 Å². The maximum absolute atomic E-state index is 11.6. The summed E-state index contributed by atoms with van der Waals surface area (Å²) in [6.45, 7) is 6.11. The molecule has 2 rings (SSSR count). The Labute approximate surface area is 106 Å². The van der Waals surface area contributed by atoms with Crippen molar-refractivity contribution in [1.29, 1.82) is 0 Å². The van der Waals surface area contributed by atoms with Crippen molar-refractivity contribution < 1.29 is 0 Å². The Morgan fingerprint density at radius 3 is 2.56 bits per heavy atom. The predicted molar refractivity (Wildman–Crippen MR) is 71.9 cm³/mol. The first-order chi connectivity index (χ1) is 8.52. The monoisotopic (exact) mass is 243 g/mol. The molecule has 0 aliphatic rings. The van der Waals surface area contributed by atoms with E-state index >= 15 is 0 Å². The maximum Gasteiger partial charge on any atom is 0.204 e. The van der Waals surface area contributed by atoms with Crippen LogP contribution in [0, 0.1) is 20.8 Å². The van der Waals surface area contributed by atoms with E-state index in [0.29, 0.717) is 5.69 Å². The van der Waals surface area contributed by atoms with Crippen molar-refractivity contribution in [3.8, 4) is 5.69 Å². The van der Waals surface area contributed by atoms with E-state index < -0.39 is 0 Å². The first-order valence-corrected chi connectivity index (χ1v) is 5.90. The van der Waals surface area contributed by atoms with Crippen LogP contribution in [0.25, 0.3) is 5.69 Å². The Morgan fingerprint density at radius 1 is 1.22 bits per heavy atom. The number of nitrogens with zero attached hydrogens (tertiary/aromatic N) is 2. The van der Waals surface area contributed by atoms with Crippen molar-refractivity contribution in [3.05, 3.63) is 57.0 Å². The number of rotatable bonds is 2. The van der Waals surface area contributed by atoms with Gasteiger partial charge < -0.3 is 5.73 Å². The Morgan fingerprint density at radius 2 is 1.94 bits per heavy atom. The lowest BCUT2D eigenvalue weighted by molar-refractivity contribution is 0.747. The molecule has 4 heteroatoms. The fourth-order valence-corrected chi connectivity index (χ4v) is 2.01. The standard InChI is InChI=1S/C14H17N3O/c1-9-4-5-13(10(2)6-9)17-11(3)7-14(18)12(8-15)16-17/h4-7H,8,15H2,1-3H3. The van der Waals surface area contributed by atoms with Gasteiger partial charge in [0.25, 0.3) is 0 Å². The molecule has 1 aromatic carbocycles. The molecular formula is C14H17N3O. The van der Waals surface area contributed by atoms with Gasteiger partial charge in [0, 0.05) is 18.3 Å². The van der Waals surface area contributed by atoms with E-state index in [-0.39, 0.29) is 12.0 Å². The molecule has 1 heterocycles. The van der Waals surface area contributed by atoms with Gasteiger partial charge in [0.2, 0.25) is 5.43 Å². The van der Waals surface area contributed by atoms with Gasteiger partial charge in [-0.15, -0.1) is 0 Å². The van der Waals surface area contributed by atoms with E-state index in [2.05, 4.69) is 11.2 Å². The third-order valence-electron chi connectivity index (χ3n) is 2.95. The summed E-state index contributed by atoms with van der Waals surface area (Å²) in [7, 11) is 0. The quantitative estimate of drug-likeness (QED) is 0.871. The molecule has 0 atom stereocenters. The number of aryl methyl sites for hydroxylation is 3. The van der Waals surface area contributed by atoms with E-state index in [1.165, 1.54) is 5.56 Å². The lowest BCUT2D eigenvalue weighted by Gasteiger charge is -2.13. The van der Waals surface area contributed by atoms with Gasteiger partial charge in [0.1, 0.15) is 5.69 Å². The molecule has 0 radical (unpaired) electrons. The smallest absolute Gasteiger partial charge is 0.204 e. The molecular weight excluding hydrogens is 226 g/mol. The van der Waals surface area contributed by atoms with Crippen molar-refractivity contribution in [2.45, 2.75) is 27.3 Å². The van der Waals surface area contributed by atoms with Crippen molar-refractivity contribution in [3.63, 3.8) is 0 Å². The molecule has 0 unspecified atom stereocenters. The zero-order chi connectivity index (χ0) is 13.3. The Balaban J connectivity index is 2.67. The van der Waals surface area contributed by atoms with Crippen LogP contribution in [-0.2, 0) is 6.54 Å². The molecule has 0 amide bonds. The average Bonchev–Trinajstić information content (AvgIpc) is 2.30. The minimum atomic E-state index is -0.101. The van der Waals surface area contributed by atoms with Gasteiger partial charge in [-0.05, 0) is 32.4 Å². The average molecular weight is 243 g/mol. The summed E-state index contributed by atoms with van der Waals surface area (Å²) in [6.07, 6.45) is 0. The highest BCUT2D eigenvalue weighted by molar-refractivity contribution is 5.42. The highest BCUT2D eigenvalue weighted by Gasteiger charge is 2.08. The second-order valence-electron chi connectivity index (χ2n) is 4.50. The molecule has 94 valence electrons. The van der Waals surface area contributed by atoms with Gasteiger partial charge in [-0.3, -0.25) is 4.79 Å². The summed E-state index contributed by atoms with van der Waals surface area (Å²) in [5.74, 6) is 0. The van der Waals surface area contributed by atoms with Crippen LogP contribution in [-0.4, -0.2) is 9.78 Å². The van der Waals surface area contributed by atoms with E-state index in [1.54, 1.807) is 10.7 Å². The van der Waals surface area contributed by atoms with E-state index in [4.69, 9.17) is 5.73 Å². The van der Waals surface area contributed by atoms with Crippen LogP contribution in [0.15, 0.2) is 29.1 Å². The van der Waals surface area contributed by atoms with E-state index in [1.807, 2.05) is 32.9 Å². The number of hydrogen-bond acceptors (Lipinski definition) is 3. The van der Waals surface area contributed by atoms with Crippen molar-refractivity contribution in [1.82, 2.24) is 9.78 Å². The number of benzene rings is 1. The predicted octanol–water partition coefficient (Wildman–Crippen LogP) is 1.62. The summed E-state index contributed by atoms with van der Waals surface area (Å²) >= 11 is 0. The SMILES string of the molecule is Cc1ccc(-n2nc(CN)c(=O)cc2C)c(C)c1. The van der Waals surface area contributed by atoms with Crippen LogP contribution in [0.3, 0.4) is 0 Å². The maximum atomic E-state index is 11.6. The molecule has 0 aliphatic heterocycles. The van der Waals surface area contributed by atoms with Crippen LogP contribution in [0.2, 0.25) is 0 Å². The van der Waals surface area contributed by atoms with E-state index in [9.17, 15) is 4.79 Å². The molecule has 2 N–H and O–H groups in total. The fourth-order valence-electron chi connectivity index (χ4n) is 2.01. The molecule has 0 saturated heterocycles. The topological polar surface area (TPSA) is 60.9 Å². The fraction of sp³-hybridized carbons (Fsp3) is 0.286. The lowest BCUT2D eigenvalue weighted by atomic mass is 10.1. The lowest BCUT2D eigenvalue weighted by Crippen LogP contribution is -2.21. The normalized spacial score (nSPS) is 10.7. The molecule has 4 nitrogen and oxygen atoms in total. The van der Waals surface area contributed by atoms with Crippen molar-refractivity contribution in [2.75, 3.05) is 0 Å². The highest BCUT2D eigenvalue weighted by Crippen LogP contribution is 2.15. The Kier molecular flexibility index (Phi) is 3.30. The van der Waals surface area contributed by atoms with Crippen molar-refractivity contribution in [2.24, 2.45) is 5.73 Å². The van der Waals surface area contributed by atoms with Crippen LogP contribution in [0.5, 0.6) is 0 Å². The summed E-state index contributed by atoms with van der Waals surface area (Å²) in [5, 5.41) is 4.33. The third-order valence-corrected chi connectivity index (χ3v) is 2.95. The molecule has 0 saturated carbocycles. The number of hydrogen-bond donors (Lipinski definition) is 1. The number of nitrogens with two attached hydrogens (primary N) is 1. The largest absolute Gasteiger partial charge is 0.325 e. The van der Waals surface area contributed by atoms with Crippen molar-refractivity contribution >= 4 is 0 Å². The van der Waals surface area contributed by atoms with Gasteiger partial charge in [0.05, 0.1) is 5.69 Å². The van der Waals surface area contributed by atoms with Crippen LogP contribution < -0.4 is 11.2 Å². The molecule has 0 bridgehead atoms. The Hall–Kier alpha value is -1.94. The minimum Gasteiger partial charge on any atom is -0.325 e.